The smallest absolute Gasteiger partial charge is 0.0326 e. The Morgan fingerprint density at radius 3 is 2.73 bits per heavy atom. The van der Waals surface area contributed by atoms with Gasteiger partial charge >= 0.3 is 0 Å². The zero-order valence-corrected chi connectivity index (χ0v) is 7.43. The van der Waals surface area contributed by atoms with Crippen LogP contribution in [0.5, 0.6) is 0 Å². The van der Waals surface area contributed by atoms with E-state index in [1.54, 1.807) is 0 Å². The quantitative estimate of drug-likeness (QED) is 0.643. The van der Waals surface area contributed by atoms with E-state index < -0.39 is 0 Å². The van der Waals surface area contributed by atoms with Crippen molar-refractivity contribution in [1.29, 1.82) is 0 Å². The number of nitrogens with two attached hydrogens (primary N) is 1. The normalized spacial score (nSPS) is 24.5. The van der Waals surface area contributed by atoms with E-state index in [0.717, 1.165) is 17.9 Å². The van der Waals surface area contributed by atoms with Crippen molar-refractivity contribution < 1.29 is 0 Å². The van der Waals surface area contributed by atoms with Crippen molar-refractivity contribution in [1.82, 2.24) is 0 Å². The molecule has 1 aliphatic rings. The Morgan fingerprint density at radius 2 is 2.36 bits per heavy atom. The van der Waals surface area contributed by atoms with Crippen LogP contribution in [0.2, 0.25) is 0 Å². The highest BCUT2D eigenvalue weighted by atomic mass is 14.6. The van der Waals surface area contributed by atoms with Crippen LogP contribution in [0.4, 0.5) is 0 Å². The molecular formula is C10H17N. The van der Waals surface area contributed by atoms with Gasteiger partial charge in [-0.3, -0.25) is 0 Å². The molecule has 1 aliphatic carbocycles. The Labute approximate surface area is 69.0 Å². The van der Waals surface area contributed by atoms with Crippen LogP contribution in [0.15, 0.2) is 23.8 Å². The molecule has 0 heterocycles. The number of rotatable bonds is 2. The van der Waals surface area contributed by atoms with Gasteiger partial charge in [-0.25, -0.2) is 0 Å². The zero-order chi connectivity index (χ0) is 8.43. The van der Waals surface area contributed by atoms with E-state index in [4.69, 9.17) is 5.73 Å². The van der Waals surface area contributed by atoms with Gasteiger partial charge in [-0.2, -0.15) is 0 Å². The summed E-state index contributed by atoms with van der Waals surface area (Å²) < 4.78 is 0. The lowest BCUT2D eigenvalue weighted by Crippen LogP contribution is -2.17. The fourth-order valence-corrected chi connectivity index (χ4v) is 1.51. The Morgan fingerprint density at radius 1 is 1.73 bits per heavy atom. The topological polar surface area (TPSA) is 26.0 Å². The van der Waals surface area contributed by atoms with Crippen LogP contribution in [0.3, 0.4) is 0 Å². The zero-order valence-electron chi connectivity index (χ0n) is 7.43. The monoisotopic (exact) mass is 151 g/mol. The molecule has 0 aromatic carbocycles. The Bertz CT molecular complexity index is 189. The highest BCUT2D eigenvalue weighted by Gasteiger charge is 2.16. The van der Waals surface area contributed by atoms with Crippen molar-refractivity contribution in [3.05, 3.63) is 23.8 Å². The SMILES string of the molecule is C=C1C=C(CC(C)C)CC1N. The first-order valence-corrected chi connectivity index (χ1v) is 4.23. The molecule has 1 rings (SSSR count). The minimum atomic E-state index is 0.198. The third kappa shape index (κ3) is 2.19. The molecule has 0 aromatic heterocycles. The molecule has 0 bridgehead atoms. The third-order valence-corrected chi connectivity index (χ3v) is 2.02. The lowest BCUT2D eigenvalue weighted by Gasteiger charge is -2.06. The molecule has 0 saturated carbocycles. The summed E-state index contributed by atoms with van der Waals surface area (Å²) in [5.41, 5.74) is 8.36. The van der Waals surface area contributed by atoms with Crippen molar-refractivity contribution >= 4 is 0 Å². The van der Waals surface area contributed by atoms with Gasteiger partial charge in [-0.05, 0) is 24.3 Å². The predicted octanol–water partition coefficient (Wildman–Crippen LogP) is 2.25. The van der Waals surface area contributed by atoms with Crippen LogP contribution in [-0.2, 0) is 0 Å². The van der Waals surface area contributed by atoms with E-state index in [2.05, 4.69) is 26.5 Å². The summed E-state index contributed by atoms with van der Waals surface area (Å²) in [5.74, 6) is 0.736. The minimum Gasteiger partial charge on any atom is -0.324 e. The molecule has 1 atom stereocenters. The second-order valence-electron chi connectivity index (χ2n) is 3.79. The lowest BCUT2D eigenvalue weighted by atomic mass is 10.0. The fourth-order valence-electron chi connectivity index (χ4n) is 1.51. The van der Waals surface area contributed by atoms with E-state index in [-0.39, 0.29) is 6.04 Å². The standard InChI is InChI=1S/C10H17N/c1-7(2)4-9-5-8(3)10(11)6-9/h5,7,10H,3-4,6,11H2,1-2H3. The molecule has 1 nitrogen and oxygen atoms in total. The Hall–Kier alpha value is -0.560. The van der Waals surface area contributed by atoms with Gasteiger partial charge in [0.1, 0.15) is 0 Å². The molecule has 0 aliphatic heterocycles. The number of hydrogen-bond acceptors (Lipinski definition) is 1. The van der Waals surface area contributed by atoms with Gasteiger partial charge in [0.15, 0.2) is 0 Å². The molecule has 11 heavy (non-hydrogen) atoms. The van der Waals surface area contributed by atoms with Crippen molar-refractivity contribution in [3.8, 4) is 0 Å². The molecule has 1 heteroatoms. The second kappa shape index (κ2) is 3.22. The van der Waals surface area contributed by atoms with Crippen LogP contribution in [-0.4, -0.2) is 6.04 Å². The van der Waals surface area contributed by atoms with Gasteiger partial charge in [0.2, 0.25) is 0 Å². The van der Waals surface area contributed by atoms with Gasteiger partial charge < -0.3 is 5.73 Å². The van der Waals surface area contributed by atoms with Gasteiger partial charge in [-0.1, -0.05) is 32.1 Å². The van der Waals surface area contributed by atoms with E-state index in [1.165, 1.54) is 12.0 Å². The third-order valence-electron chi connectivity index (χ3n) is 2.02. The summed E-state index contributed by atoms with van der Waals surface area (Å²) in [4.78, 5) is 0. The van der Waals surface area contributed by atoms with E-state index in [0.29, 0.717) is 0 Å². The molecule has 0 saturated heterocycles. The highest BCUT2D eigenvalue weighted by molar-refractivity contribution is 5.33. The molecule has 0 spiro atoms. The molecular weight excluding hydrogens is 134 g/mol. The number of hydrogen-bond donors (Lipinski definition) is 1. The maximum atomic E-state index is 5.79. The molecule has 0 aromatic rings. The van der Waals surface area contributed by atoms with Crippen LogP contribution >= 0.6 is 0 Å². The molecule has 0 amide bonds. The molecule has 0 radical (unpaired) electrons. The summed E-state index contributed by atoms with van der Waals surface area (Å²) in [6, 6.07) is 0.198. The first-order chi connectivity index (χ1) is 5.09. The summed E-state index contributed by atoms with van der Waals surface area (Å²) in [7, 11) is 0. The first-order valence-electron chi connectivity index (χ1n) is 4.23. The van der Waals surface area contributed by atoms with Crippen molar-refractivity contribution in [2.75, 3.05) is 0 Å². The summed E-state index contributed by atoms with van der Waals surface area (Å²) in [6.45, 7) is 8.35. The average Bonchev–Trinajstić information content (AvgIpc) is 2.10. The summed E-state index contributed by atoms with van der Waals surface area (Å²) >= 11 is 0. The van der Waals surface area contributed by atoms with E-state index >= 15 is 0 Å². The fraction of sp³-hybridized carbons (Fsp3) is 0.600. The predicted molar refractivity (Wildman–Crippen MR) is 49.3 cm³/mol. The van der Waals surface area contributed by atoms with Crippen molar-refractivity contribution in [3.63, 3.8) is 0 Å². The van der Waals surface area contributed by atoms with Crippen molar-refractivity contribution in [2.24, 2.45) is 11.7 Å². The van der Waals surface area contributed by atoms with Crippen LogP contribution < -0.4 is 5.73 Å². The van der Waals surface area contributed by atoms with Crippen LogP contribution in [0.1, 0.15) is 26.7 Å². The van der Waals surface area contributed by atoms with Crippen LogP contribution in [0, 0.1) is 5.92 Å². The molecule has 1 unspecified atom stereocenters. The Kier molecular flexibility index (Phi) is 2.50. The summed E-state index contributed by atoms with van der Waals surface area (Å²) in [5, 5.41) is 0. The maximum Gasteiger partial charge on any atom is 0.0326 e. The summed E-state index contributed by atoms with van der Waals surface area (Å²) in [6.07, 6.45) is 4.36. The van der Waals surface area contributed by atoms with Gasteiger partial charge in [0, 0.05) is 6.04 Å². The lowest BCUT2D eigenvalue weighted by molar-refractivity contribution is 0.622. The van der Waals surface area contributed by atoms with Gasteiger partial charge in [-0.15, -0.1) is 0 Å². The first kappa shape index (κ1) is 8.54. The minimum absolute atomic E-state index is 0.198. The highest BCUT2D eigenvalue weighted by Crippen LogP contribution is 2.25. The molecule has 0 fully saturated rings. The van der Waals surface area contributed by atoms with E-state index in [9.17, 15) is 0 Å². The van der Waals surface area contributed by atoms with Gasteiger partial charge in [0.25, 0.3) is 0 Å². The Balaban J connectivity index is 2.50. The van der Waals surface area contributed by atoms with Crippen molar-refractivity contribution in [2.45, 2.75) is 32.7 Å². The van der Waals surface area contributed by atoms with Crippen LogP contribution in [0.25, 0.3) is 0 Å². The second-order valence-corrected chi connectivity index (χ2v) is 3.79. The largest absolute Gasteiger partial charge is 0.324 e. The molecule has 62 valence electrons. The maximum absolute atomic E-state index is 5.79. The average molecular weight is 151 g/mol. The van der Waals surface area contributed by atoms with Gasteiger partial charge in [0.05, 0.1) is 0 Å². The van der Waals surface area contributed by atoms with E-state index in [1.807, 2.05) is 0 Å². The molecule has 2 N–H and O–H groups in total.